The van der Waals surface area contributed by atoms with Crippen LogP contribution < -0.4 is 10.2 Å². The van der Waals surface area contributed by atoms with E-state index in [-0.39, 0.29) is 11.6 Å². The third-order valence-corrected chi connectivity index (χ3v) is 13.1. The van der Waals surface area contributed by atoms with Gasteiger partial charge in [0.1, 0.15) is 11.4 Å². The molecule has 2 aliphatic rings. The number of carbonyl (C=O) groups is 2. The maximum atomic E-state index is 13.2. The average Bonchev–Trinajstić information content (AvgIpc) is 3.22. The lowest BCUT2D eigenvalue weighted by molar-refractivity contribution is -0.0282. The van der Waals surface area contributed by atoms with Crippen molar-refractivity contribution in [2.75, 3.05) is 29.9 Å². The Hall–Kier alpha value is -2.66. The maximum Gasteiger partial charge on any atom is 0.417 e. The van der Waals surface area contributed by atoms with E-state index in [0.29, 0.717) is 60.2 Å². The third-order valence-electron chi connectivity index (χ3n) is 8.22. The van der Waals surface area contributed by atoms with Gasteiger partial charge < -0.3 is 24.5 Å². The highest BCUT2D eigenvalue weighted by atomic mass is 35.5. The Labute approximate surface area is 249 Å². The number of halogens is 1. The van der Waals surface area contributed by atoms with Crippen molar-refractivity contribution >= 4 is 49.1 Å². The number of hydrogen-bond donors (Lipinski definition) is 2. The van der Waals surface area contributed by atoms with Crippen LogP contribution in [-0.2, 0) is 15.7 Å². The number of aliphatic hydroxyl groups is 1. The zero-order valence-electron chi connectivity index (χ0n) is 25.4. The van der Waals surface area contributed by atoms with Crippen LogP contribution in [0.25, 0.3) is 0 Å². The average molecular weight is 603 g/mol. The first-order chi connectivity index (χ1) is 18.9. The van der Waals surface area contributed by atoms with Gasteiger partial charge in [-0.15, -0.1) is 0 Å². The van der Waals surface area contributed by atoms with E-state index < -0.39 is 31.5 Å². The SMILES string of the molecule is CC(C)(C)OC(=O)N1Cc2c(Cl)ccc(Nc3ccc(N4CCC(O)(CO[Si](C)(C)C(C)(C)C)CC4)cn3)c2C1=O. The molecule has 1 aromatic heterocycles. The minimum atomic E-state index is -1.93. The molecule has 0 aliphatic carbocycles. The number of carbonyl (C=O) groups excluding carboxylic acids is 2. The highest BCUT2D eigenvalue weighted by Crippen LogP contribution is 2.39. The molecule has 1 fully saturated rings. The molecule has 1 saturated heterocycles. The summed E-state index contributed by atoms with van der Waals surface area (Å²) in [6.07, 6.45) is 2.32. The molecule has 0 atom stereocenters. The summed E-state index contributed by atoms with van der Waals surface area (Å²) in [5.41, 5.74) is 0.831. The number of pyridine rings is 1. The second-order valence-corrected chi connectivity index (χ2v) is 18.8. The van der Waals surface area contributed by atoms with Crippen molar-refractivity contribution in [2.45, 2.75) is 90.3 Å². The Kier molecular flexibility index (Phi) is 8.55. The van der Waals surface area contributed by atoms with Gasteiger partial charge in [-0.1, -0.05) is 32.4 Å². The van der Waals surface area contributed by atoms with Crippen molar-refractivity contribution < 1.29 is 23.9 Å². The molecule has 4 rings (SSSR count). The molecular weight excluding hydrogens is 560 g/mol. The van der Waals surface area contributed by atoms with Crippen molar-refractivity contribution in [2.24, 2.45) is 0 Å². The summed E-state index contributed by atoms with van der Waals surface area (Å²) in [6, 6.07) is 7.23. The number of amides is 2. The van der Waals surface area contributed by atoms with Gasteiger partial charge in [0.15, 0.2) is 8.32 Å². The Bertz CT molecular complexity index is 1300. The van der Waals surface area contributed by atoms with Gasteiger partial charge in [0.25, 0.3) is 5.91 Å². The first-order valence-corrected chi connectivity index (χ1v) is 17.4. The summed E-state index contributed by atoms with van der Waals surface area (Å²) in [6.45, 7) is 18.1. The molecule has 11 heteroatoms. The van der Waals surface area contributed by atoms with Crippen LogP contribution in [0.1, 0.15) is 70.3 Å². The van der Waals surface area contributed by atoms with Crippen LogP contribution in [0, 0.1) is 0 Å². The lowest BCUT2D eigenvalue weighted by atomic mass is 9.92. The largest absolute Gasteiger partial charge is 0.443 e. The molecule has 3 heterocycles. The predicted molar refractivity (Wildman–Crippen MR) is 165 cm³/mol. The molecule has 1 aromatic carbocycles. The Morgan fingerprint density at radius 3 is 2.34 bits per heavy atom. The fourth-order valence-electron chi connectivity index (χ4n) is 4.60. The molecular formula is C30H43ClN4O5Si. The lowest BCUT2D eigenvalue weighted by Crippen LogP contribution is -2.51. The van der Waals surface area contributed by atoms with E-state index in [2.05, 4.69) is 49.1 Å². The lowest BCUT2D eigenvalue weighted by Gasteiger charge is -2.43. The fourth-order valence-corrected chi connectivity index (χ4v) is 5.88. The summed E-state index contributed by atoms with van der Waals surface area (Å²) >= 11 is 6.40. The van der Waals surface area contributed by atoms with Gasteiger partial charge in [-0.3, -0.25) is 4.79 Å². The molecule has 0 saturated carbocycles. The zero-order valence-corrected chi connectivity index (χ0v) is 27.2. The molecule has 0 spiro atoms. The number of nitrogens with one attached hydrogen (secondary N) is 1. The van der Waals surface area contributed by atoms with E-state index in [0.717, 1.165) is 10.6 Å². The highest BCUT2D eigenvalue weighted by molar-refractivity contribution is 6.74. The number of ether oxygens (including phenoxy) is 1. The first kappa shape index (κ1) is 31.3. The number of benzene rings is 1. The first-order valence-electron chi connectivity index (χ1n) is 14.1. The smallest absolute Gasteiger partial charge is 0.417 e. The van der Waals surface area contributed by atoms with E-state index in [4.69, 9.17) is 20.8 Å². The molecule has 2 N–H and O–H groups in total. The second kappa shape index (κ2) is 11.2. The van der Waals surface area contributed by atoms with Gasteiger partial charge in [0, 0.05) is 23.7 Å². The van der Waals surface area contributed by atoms with E-state index in [1.54, 1.807) is 39.1 Å². The molecule has 0 unspecified atom stereocenters. The highest BCUT2D eigenvalue weighted by Gasteiger charge is 2.41. The molecule has 2 aromatic rings. The van der Waals surface area contributed by atoms with Gasteiger partial charge in [-0.25, -0.2) is 14.7 Å². The van der Waals surface area contributed by atoms with Crippen molar-refractivity contribution in [1.29, 1.82) is 0 Å². The van der Waals surface area contributed by atoms with Crippen LogP contribution in [0.5, 0.6) is 0 Å². The summed E-state index contributed by atoms with van der Waals surface area (Å²) in [4.78, 5) is 33.7. The number of rotatable bonds is 6. The fraction of sp³-hybridized carbons (Fsp3) is 0.567. The minimum Gasteiger partial charge on any atom is -0.443 e. The maximum absolute atomic E-state index is 13.2. The molecule has 2 amide bonds. The van der Waals surface area contributed by atoms with Gasteiger partial charge in [0.05, 0.1) is 41.9 Å². The van der Waals surface area contributed by atoms with E-state index >= 15 is 0 Å². The van der Waals surface area contributed by atoms with Gasteiger partial charge in [-0.2, -0.15) is 0 Å². The number of hydrogen-bond acceptors (Lipinski definition) is 8. The summed E-state index contributed by atoms with van der Waals surface area (Å²) in [7, 11) is -1.93. The summed E-state index contributed by atoms with van der Waals surface area (Å²) in [5, 5.41) is 14.9. The molecule has 2 aliphatic heterocycles. The van der Waals surface area contributed by atoms with E-state index in [1.807, 2.05) is 12.1 Å². The van der Waals surface area contributed by atoms with Crippen LogP contribution in [-0.4, -0.2) is 66.2 Å². The number of piperidine rings is 1. The van der Waals surface area contributed by atoms with Crippen LogP contribution >= 0.6 is 11.6 Å². The Morgan fingerprint density at radius 1 is 1.12 bits per heavy atom. The number of fused-ring (bicyclic) bond motifs is 1. The van der Waals surface area contributed by atoms with Crippen LogP contribution in [0.15, 0.2) is 30.5 Å². The van der Waals surface area contributed by atoms with Crippen molar-refractivity contribution in [1.82, 2.24) is 9.88 Å². The quantitative estimate of drug-likeness (QED) is 0.351. The zero-order chi connectivity index (χ0) is 30.4. The van der Waals surface area contributed by atoms with Crippen molar-refractivity contribution in [3.05, 3.63) is 46.6 Å². The summed E-state index contributed by atoms with van der Waals surface area (Å²) in [5.74, 6) is 0.0901. The molecule has 0 bridgehead atoms. The summed E-state index contributed by atoms with van der Waals surface area (Å²) < 4.78 is 11.7. The number of nitrogens with zero attached hydrogens (tertiary/aromatic N) is 3. The predicted octanol–water partition coefficient (Wildman–Crippen LogP) is 6.72. The van der Waals surface area contributed by atoms with E-state index in [9.17, 15) is 14.7 Å². The standard InChI is InChI=1S/C30H43ClN4O5Si/c1-28(2,3)40-27(37)35-18-21-22(31)10-11-23(25(21)26(35)36)33-24-12-9-20(17-32-24)34-15-13-30(38,14-16-34)19-39-41(7,8)29(4,5)6/h9-12,17,38H,13-16,18-19H2,1-8H3,(H,32,33). The van der Waals surface area contributed by atoms with Gasteiger partial charge in [0.2, 0.25) is 0 Å². The van der Waals surface area contributed by atoms with Crippen molar-refractivity contribution in [3.63, 3.8) is 0 Å². The van der Waals surface area contributed by atoms with Crippen LogP contribution in [0.3, 0.4) is 0 Å². The molecule has 9 nitrogen and oxygen atoms in total. The van der Waals surface area contributed by atoms with Gasteiger partial charge in [-0.05, 0) is 76.0 Å². The molecule has 41 heavy (non-hydrogen) atoms. The number of imide groups is 1. The number of aromatic nitrogens is 1. The second-order valence-electron chi connectivity index (χ2n) is 13.6. The number of anilines is 3. The Balaban J connectivity index is 1.40. The molecule has 224 valence electrons. The Morgan fingerprint density at radius 2 is 1.78 bits per heavy atom. The van der Waals surface area contributed by atoms with Crippen LogP contribution in [0.4, 0.5) is 22.0 Å². The third kappa shape index (κ3) is 7.05. The van der Waals surface area contributed by atoms with E-state index in [1.165, 1.54) is 0 Å². The van der Waals surface area contributed by atoms with Crippen LogP contribution in [0.2, 0.25) is 23.2 Å². The monoisotopic (exact) mass is 602 g/mol. The normalized spacial score (nSPS) is 17.5. The minimum absolute atomic E-state index is 0.0477. The molecule has 0 radical (unpaired) electrons. The van der Waals surface area contributed by atoms with Gasteiger partial charge >= 0.3 is 6.09 Å². The van der Waals surface area contributed by atoms with Crippen molar-refractivity contribution in [3.8, 4) is 0 Å². The topological polar surface area (TPSA) is 104 Å².